The summed E-state index contributed by atoms with van der Waals surface area (Å²) in [6.45, 7) is 1.14. The van der Waals surface area contributed by atoms with Gasteiger partial charge in [-0.25, -0.2) is 4.68 Å². The molecule has 0 bridgehead atoms. The normalized spacial score (nSPS) is 10.8. The molecule has 158 valence electrons. The summed E-state index contributed by atoms with van der Waals surface area (Å²) >= 11 is 13.7. The molecule has 0 aliphatic carbocycles. The van der Waals surface area contributed by atoms with Crippen LogP contribution in [-0.4, -0.2) is 14.9 Å². The first kappa shape index (κ1) is 21.6. The summed E-state index contributed by atoms with van der Waals surface area (Å²) in [5, 5.41) is 10.5. The number of nitrogens with zero attached hydrogens (tertiary/aromatic N) is 3. The van der Waals surface area contributed by atoms with Crippen LogP contribution in [0.5, 0.6) is 5.75 Å². The zero-order valence-electron chi connectivity index (χ0n) is 16.5. The van der Waals surface area contributed by atoms with Crippen LogP contribution in [0.2, 0.25) is 10.0 Å². The molecule has 1 heterocycles. The van der Waals surface area contributed by atoms with Crippen LogP contribution < -0.4 is 10.2 Å². The maximum absolute atomic E-state index is 6.23. The number of hydrogen-bond donors (Lipinski definition) is 1. The predicted octanol–water partition coefficient (Wildman–Crippen LogP) is 6.20. The fraction of sp³-hybridized carbons (Fsp3) is 0.130. The van der Waals surface area contributed by atoms with Gasteiger partial charge >= 0.3 is 0 Å². The topological polar surface area (TPSA) is 52.0 Å². The minimum atomic E-state index is 0.501. The smallest absolute Gasteiger partial charge is 0.210 e. The lowest BCUT2D eigenvalue weighted by Gasteiger charge is -2.11. The quantitative estimate of drug-likeness (QED) is 0.295. The minimum Gasteiger partial charge on any atom is -0.489 e. The molecule has 0 atom stereocenters. The number of rotatable bonds is 9. The monoisotopic (exact) mass is 470 g/mol. The number of hydrogen-bond acceptors (Lipinski definition) is 5. The van der Waals surface area contributed by atoms with Crippen LogP contribution in [-0.2, 0) is 18.9 Å². The van der Waals surface area contributed by atoms with Crippen LogP contribution in [0.1, 0.15) is 16.7 Å². The third-order valence-corrected chi connectivity index (χ3v) is 6.14. The van der Waals surface area contributed by atoms with Crippen LogP contribution >= 0.6 is 35.0 Å². The Labute approximate surface area is 195 Å². The Balaban J connectivity index is 1.28. The fourth-order valence-electron chi connectivity index (χ4n) is 2.82. The van der Waals surface area contributed by atoms with E-state index in [1.54, 1.807) is 18.1 Å². The standard InChI is InChI=1S/C23H20Cl2N4OS/c24-20-9-5-18(6-10-20)14-30-21-11-7-17(8-12-21)13-27-29-16-26-28-23(29)31-15-19-3-1-2-4-22(19)25/h1-12,16,27H,13-15H2. The van der Waals surface area contributed by atoms with Gasteiger partial charge in [0, 0.05) is 15.8 Å². The molecule has 0 aliphatic rings. The molecule has 4 aromatic rings. The van der Waals surface area contributed by atoms with Gasteiger partial charge in [-0.05, 0) is 47.0 Å². The molecule has 1 aromatic heterocycles. The van der Waals surface area contributed by atoms with Crippen molar-refractivity contribution < 1.29 is 4.74 Å². The summed E-state index contributed by atoms with van der Waals surface area (Å²) in [6, 6.07) is 23.4. The second-order valence-electron chi connectivity index (χ2n) is 6.76. The number of nitrogens with one attached hydrogen (secondary N) is 1. The Morgan fingerprint density at radius 1 is 0.903 bits per heavy atom. The van der Waals surface area contributed by atoms with Crippen molar-refractivity contribution in [3.63, 3.8) is 0 Å². The van der Waals surface area contributed by atoms with Crippen molar-refractivity contribution >= 4 is 35.0 Å². The lowest BCUT2D eigenvalue weighted by atomic mass is 10.2. The molecule has 0 amide bonds. The number of aromatic nitrogens is 3. The van der Waals surface area contributed by atoms with Gasteiger partial charge in [0.05, 0.1) is 6.54 Å². The maximum atomic E-state index is 6.23. The van der Waals surface area contributed by atoms with Crippen molar-refractivity contribution in [3.8, 4) is 5.75 Å². The fourth-order valence-corrected chi connectivity index (χ4v) is 4.12. The average molecular weight is 471 g/mol. The van der Waals surface area contributed by atoms with Crippen LogP contribution in [0.3, 0.4) is 0 Å². The van der Waals surface area contributed by atoms with Crippen molar-refractivity contribution in [2.75, 3.05) is 5.43 Å². The summed E-state index contributed by atoms with van der Waals surface area (Å²) in [5.41, 5.74) is 6.59. The highest BCUT2D eigenvalue weighted by molar-refractivity contribution is 7.98. The van der Waals surface area contributed by atoms with Crippen molar-refractivity contribution in [1.82, 2.24) is 14.9 Å². The molecule has 0 unspecified atom stereocenters. The maximum Gasteiger partial charge on any atom is 0.210 e. The first-order chi connectivity index (χ1) is 15.2. The summed E-state index contributed by atoms with van der Waals surface area (Å²) < 4.78 is 7.66. The predicted molar refractivity (Wildman–Crippen MR) is 126 cm³/mol. The molecule has 0 saturated carbocycles. The van der Waals surface area contributed by atoms with Gasteiger partial charge in [-0.2, -0.15) is 0 Å². The summed E-state index contributed by atoms with van der Waals surface area (Å²) in [7, 11) is 0. The third-order valence-electron chi connectivity index (χ3n) is 4.53. The van der Waals surface area contributed by atoms with E-state index in [0.29, 0.717) is 13.2 Å². The molecular formula is C23H20Cl2N4OS. The molecule has 4 rings (SSSR count). The molecule has 3 aromatic carbocycles. The van der Waals surface area contributed by atoms with Crippen LogP contribution in [0.25, 0.3) is 0 Å². The second kappa shape index (κ2) is 10.6. The Hall–Kier alpha value is -2.67. The van der Waals surface area contributed by atoms with Crippen molar-refractivity contribution in [2.24, 2.45) is 0 Å². The largest absolute Gasteiger partial charge is 0.489 e. The van der Waals surface area contributed by atoms with Crippen LogP contribution in [0, 0.1) is 0 Å². The molecule has 0 aliphatic heterocycles. The Kier molecular flexibility index (Phi) is 7.35. The van der Waals surface area contributed by atoms with E-state index in [-0.39, 0.29) is 0 Å². The SMILES string of the molecule is Clc1ccc(COc2ccc(CNn3cnnc3SCc3ccccc3Cl)cc2)cc1. The molecule has 0 spiro atoms. The van der Waals surface area contributed by atoms with Gasteiger partial charge < -0.3 is 10.2 Å². The first-order valence-electron chi connectivity index (χ1n) is 9.64. The molecule has 0 saturated heterocycles. The highest BCUT2D eigenvalue weighted by Gasteiger charge is 2.07. The second-order valence-corrected chi connectivity index (χ2v) is 8.54. The van der Waals surface area contributed by atoms with Gasteiger partial charge in [-0.1, -0.05) is 77.4 Å². The molecule has 1 N–H and O–H groups in total. The Bertz CT molecular complexity index is 1120. The van der Waals surface area contributed by atoms with Gasteiger partial charge in [0.1, 0.15) is 18.7 Å². The van der Waals surface area contributed by atoms with E-state index in [0.717, 1.165) is 43.4 Å². The molecular weight excluding hydrogens is 451 g/mol. The zero-order valence-corrected chi connectivity index (χ0v) is 18.9. The molecule has 0 fully saturated rings. The molecule has 8 heteroatoms. The van der Waals surface area contributed by atoms with Gasteiger partial charge in [-0.3, -0.25) is 0 Å². The summed E-state index contributed by atoms with van der Waals surface area (Å²) in [6.07, 6.45) is 1.67. The van der Waals surface area contributed by atoms with E-state index >= 15 is 0 Å². The third kappa shape index (κ3) is 6.17. The lowest BCUT2D eigenvalue weighted by molar-refractivity contribution is 0.306. The van der Waals surface area contributed by atoms with E-state index in [9.17, 15) is 0 Å². The number of benzene rings is 3. The number of ether oxygens (including phenoxy) is 1. The average Bonchev–Trinajstić information content (AvgIpc) is 3.25. The number of halogens is 2. The lowest BCUT2D eigenvalue weighted by Crippen LogP contribution is -2.14. The molecule has 0 radical (unpaired) electrons. The van der Waals surface area contributed by atoms with Gasteiger partial charge in [0.15, 0.2) is 0 Å². The first-order valence-corrected chi connectivity index (χ1v) is 11.4. The highest BCUT2D eigenvalue weighted by Crippen LogP contribution is 2.25. The molecule has 31 heavy (non-hydrogen) atoms. The molecule has 5 nitrogen and oxygen atoms in total. The van der Waals surface area contributed by atoms with Gasteiger partial charge in [0.2, 0.25) is 5.16 Å². The highest BCUT2D eigenvalue weighted by atomic mass is 35.5. The zero-order chi connectivity index (χ0) is 21.5. The van der Waals surface area contributed by atoms with Crippen molar-refractivity contribution in [2.45, 2.75) is 24.1 Å². The summed E-state index contributed by atoms with van der Waals surface area (Å²) in [5.74, 6) is 1.54. The Morgan fingerprint density at radius 3 is 2.42 bits per heavy atom. The van der Waals surface area contributed by atoms with Crippen molar-refractivity contribution in [3.05, 3.63) is 106 Å². The van der Waals surface area contributed by atoms with Crippen LogP contribution in [0.4, 0.5) is 0 Å². The number of thioether (sulfide) groups is 1. The van der Waals surface area contributed by atoms with E-state index in [1.165, 1.54) is 0 Å². The Morgan fingerprint density at radius 2 is 1.65 bits per heavy atom. The van der Waals surface area contributed by atoms with Crippen LogP contribution in [0.15, 0.2) is 84.3 Å². The van der Waals surface area contributed by atoms with E-state index in [1.807, 2.05) is 77.5 Å². The van der Waals surface area contributed by atoms with Crippen molar-refractivity contribution in [1.29, 1.82) is 0 Å². The van der Waals surface area contributed by atoms with E-state index in [4.69, 9.17) is 27.9 Å². The summed E-state index contributed by atoms with van der Waals surface area (Å²) in [4.78, 5) is 0. The minimum absolute atomic E-state index is 0.501. The van der Waals surface area contributed by atoms with Gasteiger partial charge in [-0.15, -0.1) is 10.2 Å². The van der Waals surface area contributed by atoms with E-state index in [2.05, 4.69) is 15.6 Å². The van der Waals surface area contributed by atoms with Gasteiger partial charge in [0.25, 0.3) is 0 Å². The van der Waals surface area contributed by atoms with E-state index < -0.39 is 0 Å².